The van der Waals surface area contributed by atoms with Crippen molar-refractivity contribution in [3.63, 3.8) is 0 Å². The third-order valence-electron chi connectivity index (χ3n) is 1.29. The number of aliphatic hydroxyl groups is 1. The summed E-state index contributed by atoms with van der Waals surface area (Å²) < 4.78 is 0.988. The van der Waals surface area contributed by atoms with Crippen LogP contribution in [-0.2, 0) is 0 Å². The fourth-order valence-electron chi connectivity index (χ4n) is 0.764. The first-order valence-corrected chi connectivity index (χ1v) is 4.55. The molecule has 0 spiro atoms. The first-order chi connectivity index (χ1) is 5.74. The van der Waals surface area contributed by atoms with Crippen LogP contribution in [0.3, 0.4) is 0 Å². The van der Waals surface area contributed by atoms with Crippen LogP contribution >= 0.6 is 22.6 Å². The Labute approximate surface area is 83.5 Å². The Morgan fingerprint density at radius 2 is 2.50 bits per heavy atom. The fourth-order valence-corrected chi connectivity index (χ4v) is 1.23. The minimum absolute atomic E-state index is 0.0382. The van der Waals surface area contributed by atoms with Crippen LogP contribution in [0.5, 0.6) is 0 Å². The second-order valence-corrected chi connectivity index (χ2v) is 3.46. The molecule has 1 aromatic heterocycles. The third-order valence-corrected chi connectivity index (χ3v) is 1.91. The first-order valence-electron chi connectivity index (χ1n) is 3.47. The molecule has 0 saturated heterocycles. The predicted octanol–water partition coefficient (Wildman–Crippen LogP) is 0.341. The zero-order valence-corrected chi connectivity index (χ0v) is 8.46. The van der Waals surface area contributed by atoms with Gasteiger partial charge in [-0.25, -0.2) is 0 Å². The van der Waals surface area contributed by atoms with E-state index in [0.717, 1.165) is 3.57 Å². The van der Waals surface area contributed by atoms with Gasteiger partial charge < -0.3 is 15.4 Å². The SMILES string of the molecule is O=C(NCCO)c1cc(I)c[nH]1. The van der Waals surface area contributed by atoms with E-state index in [1.807, 2.05) is 0 Å². The van der Waals surface area contributed by atoms with E-state index in [1.54, 1.807) is 12.3 Å². The van der Waals surface area contributed by atoms with Crippen molar-refractivity contribution < 1.29 is 9.90 Å². The monoisotopic (exact) mass is 280 g/mol. The Morgan fingerprint density at radius 3 is 3.00 bits per heavy atom. The second-order valence-electron chi connectivity index (χ2n) is 2.21. The first kappa shape index (κ1) is 9.53. The predicted molar refractivity (Wildman–Crippen MR) is 52.9 cm³/mol. The van der Waals surface area contributed by atoms with Crippen molar-refractivity contribution in [3.8, 4) is 0 Å². The molecule has 5 heteroatoms. The van der Waals surface area contributed by atoms with E-state index in [0.29, 0.717) is 5.69 Å². The molecule has 0 fully saturated rings. The lowest BCUT2D eigenvalue weighted by molar-refractivity contribution is 0.0940. The molecule has 12 heavy (non-hydrogen) atoms. The quantitative estimate of drug-likeness (QED) is 0.699. The number of carbonyl (C=O) groups excluding carboxylic acids is 1. The van der Waals surface area contributed by atoms with E-state index in [2.05, 4.69) is 32.9 Å². The van der Waals surface area contributed by atoms with Crippen LogP contribution in [0.15, 0.2) is 12.3 Å². The minimum Gasteiger partial charge on any atom is -0.395 e. The van der Waals surface area contributed by atoms with Crippen molar-refractivity contribution in [2.45, 2.75) is 0 Å². The van der Waals surface area contributed by atoms with Gasteiger partial charge in [0.05, 0.1) is 6.61 Å². The van der Waals surface area contributed by atoms with Crippen LogP contribution < -0.4 is 5.32 Å². The van der Waals surface area contributed by atoms with Crippen LogP contribution in [0.1, 0.15) is 10.5 Å². The minimum atomic E-state index is -0.188. The molecule has 0 aliphatic rings. The number of nitrogens with one attached hydrogen (secondary N) is 2. The molecule has 0 atom stereocenters. The van der Waals surface area contributed by atoms with E-state index in [1.165, 1.54) is 0 Å². The van der Waals surface area contributed by atoms with Gasteiger partial charge >= 0.3 is 0 Å². The van der Waals surface area contributed by atoms with Crippen molar-refractivity contribution in [1.29, 1.82) is 0 Å². The smallest absolute Gasteiger partial charge is 0.267 e. The molecule has 0 aromatic carbocycles. The van der Waals surface area contributed by atoms with Crippen molar-refractivity contribution in [2.24, 2.45) is 0 Å². The lowest BCUT2D eigenvalue weighted by atomic mass is 10.4. The summed E-state index contributed by atoms with van der Waals surface area (Å²) in [6, 6.07) is 1.74. The van der Waals surface area contributed by atoms with Crippen LogP contribution in [-0.4, -0.2) is 29.1 Å². The molecule has 0 unspecified atom stereocenters. The number of aliphatic hydroxyl groups excluding tert-OH is 1. The number of rotatable bonds is 3. The van der Waals surface area contributed by atoms with E-state index in [4.69, 9.17) is 5.11 Å². The largest absolute Gasteiger partial charge is 0.395 e. The topological polar surface area (TPSA) is 65.1 Å². The normalized spacial score (nSPS) is 9.83. The van der Waals surface area contributed by atoms with Gasteiger partial charge in [-0.15, -0.1) is 0 Å². The highest BCUT2D eigenvalue weighted by Gasteiger charge is 2.05. The maximum absolute atomic E-state index is 11.2. The van der Waals surface area contributed by atoms with Gasteiger partial charge in [0.2, 0.25) is 0 Å². The number of carbonyl (C=O) groups is 1. The number of H-pyrrole nitrogens is 1. The van der Waals surface area contributed by atoms with Gasteiger partial charge in [0, 0.05) is 16.3 Å². The van der Waals surface area contributed by atoms with Crippen LogP contribution in [0.2, 0.25) is 0 Å². The van der Waals surface area contributed by atoms with Crippen molar-refractivity contribution in [3.05, 3.63) is 21.5 Å². The molecule has 0 bridgehead atoms. The molecule has 0 aliphatic carbocycles. The Kier molecular flexibility index (Phi) is 3.54. The fraction of sp³-hybridized carbons (Fsp3) is 0.286. The van der Waals surface area contributed by atoms with E-state index in [9.17, 15) is 4.79 Å². The molecule has 0 saturated carbocycles. The van der Waals surface area contributed by atoms with Crippen molar-refractivity contribution >= 4 is 28.5 Å². The third kappa shape index (κ3) is 2.49. The summed E-state index contributed by atoms with van der Waals surface area (Å²) in [5.74, 6) is -0.188. The average Bonchev–Trinajstić information content (AvgIpc) is 2.47. The molecule has 1 heterocycles. The van der Waals surface area contributed by atoms with E-state index >= 15 is 0 Å². The van der Waals surface area contributed by atoms with E-state index in [-0.39, 0.29) is 19.1 Å². The Hall–Kier alpha value is -0.560. The van der Waals surface area contributed by atoms with E-state index < -0.39 is 0 Å². The molecular weight excluding hydrogens is 271 g/mol. The van der Waals surface area contributed by atoms with Gasteiger partial charge in [0.15, 0.2) is 0 Å². The van der Waals surface area contributed by atoms with Gasteiger partial charge in [-0.05, 0) is 28.7 Å². The summed E-state index contributed by atoms with van der Waals surface area (Å²) in [7, 11) is 0. The molecule has 0 aliphatic heterocycles. The second kappa shape index (κ2) is 4.46. The summed E-state index contributed by atoms with van der Waals surface area (Å²) in [6.07, 6.45) is 1.74. The Balaban J connectivity index is 2.53. The summed E-state index contributed by atoms with van der Waals surface area (Å²) >= 11 is 2.11. The summed E-state index contributed by atoms with van der Waals surface area (Å²) in [6.45, 7) is 0.248. The van der Waals surface area contributed by atoms with Crippen LogP contribution in [0.25, 0.3) is 0 Å². The van der Waals surface area contributed by atoms with Gasteiger partial charge in [-0.2, -0.15) is 0 Å². The molecule has 0 radical (unpaired) electrons. The van der Waals surface area contributed by atoms with Crippen LogP contribution in [0.4, 0.5) is 0 Å². The molecule has 1 amide bonds. The number of aromatic amines is 1. The van der Waals surface area contributed by atoms with Gasteiger partial charge in [-0.1, -0.05) is 0 Å². The molecular formula is C7H9IN2O2. The molecule has 1 rings (SSSR count). The maximum Gasteiger partial charge on any atom is 0.267 e. The summed E-state index contributed by atoms with van der Waals surface area (Å²) in [4.78, 5) is 14.0. The zero-order chi connectivity index (χ0) is 8.97. The van der Waals surface area contributed by atoms with Crippen LogP contribution in [0, 0.1) is 3.57 Å². The standard InChI is InChI=1S/C7H9IN2O2/c8-5-3-6(10-4-5)7(12)9-1-2-11/h3-4,10-11H,1-2H2,(H,9,12). The molecule has 1 aromatic rings. The zero-order valence-electron chi connectivity index (χ0n) is 6.30. The van der Waals surface area contributed by atoms with Gasteiger partial charge in [0.1, 0.15) is 5.69 Å². The molecule has 3 N–H and O–H groups in total. The number of amides is 1. The number of hydrogen-bond donors (Lipinski definition) is 3. The number of aromatic nitrogens is 1. The Bertz CT molecular complexity index is 272. The lowest BCUT2D eigenvalue weighted by Gasteiger charge is -1.98. The number of halogens is 1. The molecule has 66 valence electrons. The van der Waals surface area contributed by atoms with Gasteiger partial charge in [0.25, 0.3) is 5.91 Å². The van der Waals surface area contributed by atoms with Gasteiger partial charge in [-0.3, -0.25) is 4.79 Å². The maximum atomic E-state index is 11.2. The summed E-state index contributed by atoms with van der Waals surface area (Å²) in [5.41, 5.74) is 0.521. The average molecular weight is 280 g/mol. The molecule has 4 nitrogen and oxygen atoms in total. The Morgan fingerprint density at radius 1 is 1.75 bits per heavy atom. The highest BCUT2D eigenvalue weighted by molar-refractivity contribution is 14.1. The highest BCUT2D eigenvalue weighted by Crippen LogP contribution is 2.05. The van der Waals surface area contributed by atoms with Crippen molar-refractivity contribution in [1.82, 2.24) is 10.3 Å². The summed E-state index contributed by atoms with van der Waals surface area (Å²) in [5, 5.41) is 11.0. The number of hydrogen-bond acceptors (Lipinski definition) is 2. The van der Waals surface area contributed by atoms with Crippen molar-refractivity contribution in [2.75, 3.05) is 13.2 Å². The lowest BCUT2D eigenvalue weighted by Crippen LogP contribution is -2.26. The highest BCUT2D eigenvalue weighted by atomic mass is 127.